The molecular weight excluding hydrogens is 242 g/mol. The maximum atomic E-state index is 11.6. The van der Waals surface area contributed by atoms with Crippen molar-refractivity contribution in [3.05, 3.63) is 45.7 Å². The Balaban J connectivity index is 2.61. The zero-order chi connectivity index (χ0) is 14.0. The molecule has 0 unspecified atom stereocenters. The first-order valence-corrected chi connectivity index (χ1v) is 5.99. The lowest BCUT2D eigenvalue weighted by molar-refractivity contribution is 0.412. The monoisotopic (exact) mass is 259 g/mol. The summed E-state index contributed by atoms with van der Waals surface area (Å²) in [6.07, 6.45) is 0. The van der Waals surface area contributed by atoms with Gasteiger partial charge in [0.15, 0.2) is 0 Å². The summed E-state index contributed by atoms with van der Waals surface area (Å²) in [4.78, 5) is 11.6. The van der Waals surface area contributed by atoms with E-state index in [1.54, 1.807) is 14.2 Å². The predicted molar refractivity (Wildman–Crippen MR) is 74.1 cm³/mol. The lowest BCUT2D eigenvalue weighted by atomic mass is 10.0. The van der Waals surface area contributed by atoms with E-state index in [0.717, 1.165) is 28.1 Å². The summed E-state index contributed by atoms with van der Waals surface area (Å²) >= 11 is 0. The van der Waals surface area contributed by atoms with Crippen molar-refractivity contribution in [2.75, 3.05) is 7.11 Å². The lowest BCUT2D eigenvalue weighted by Gasteiger charge is -2.11. The summed E-state index contributed by atoms with van der Waals surface area (Å²) in [5, 5.41) is 4.29. The summed E-state index contributed by atoms with van der Waals surface area (Å²) in [6.45, 7) is 2.25. The number of benzene rings is 1. The fourth-order valence-corrected chi connectivity index (χ4v) is 2.00. The maximum Gasteiger partial charge on any atom is 0.266 e. The second-order valence-electron chi connectivity index (χ2n) is 4.37. The quantitative estimate of drug-likeness (QED) is 0.899. The Kier molecular flexibility index (Phi) is 3.66. The van der Waals surface area contributed by atoms with Crippen LogP contribution < -0.4 is 16.0 Å². The van der Waals surface area contributed by atoms with Crippen LogP contribution >= 0.6 is 0 Å². The summed E-state index contributed by atoms with van der Waals surface area (Å²) in [5.74, 6) is 0.822. The smallest absolute Gasteiger partial charge is 0.266 e. The van der Waals surface area contributed by atoms with Crippen LogP contribution in [-0.2, 0) is 13.6 Å². The van der Waals surface area contributed by atoms with Gasteiger partial charge in [-0.15, -0.1) is 0 Å². The SMILES string of the molecule is COc1ccc(-c2nn(C)c(=O)cc2CN)cc1C. The van der Waals surface area contributed by atoms with Gasteiger partial charge < -0.3 is 10.5 Å². The average molecular weight is 259 g/mol. The van der Waals surface area contributed by atoms with Crippen LogP contribution in [0.5, 0.6) is 5.75 Å². The molecule has 5 nitrogen and oxygen atoms in total. The number of aryl methyl sites for hydroxylation is 2. The minimum absolute atomic E-state index is 0.158. The zero-order valence-corrected chi connectivity index (χ0v) is 11.3. The second-order valence-corrected chi connectivity index (χ2v) is 4.37. The van der Waals surface area contributed by atoms with Crippen molar-refractivity contribution in [1.82, 2.24) is 9.78 Å². The standard InChI is InChI=1S/C14H17N3O2/c1-9-6-10(4-5-12(9)19-3)14-11(8-15)7-13(18)17(2)16-14/h4-7H,8,15H2,1-3H3. The molecule has 2 N–H and O–H groups in total. The Hall–Kier alpha value is -2.14. The van der Waals surface area contributed by atoms with Crippen LogP contribution in [0.15, 0.2) is 29.1 Å². The van der Waals surface area contributed by atoms with Crippen molar-refractivity contribution in [2.24, 2.45) is 12.8 Å². The predicted octanol–water partition coefficient (Wildman–Crippen LogP) is 1.22. The molecule has 0 aliphatic heterocycles. The number of hydrogen-bond donors (Lipinski definition) is 1. The van der Waals surface area contributed by atoms with Gasteiger partial charge in [0.05, 0.1) is 12.8 Å². The van der Waals surface area contributed by atoms with Gasteiger partial charge >= 0.3 is 0 Å². The molecule has 0 atom stereocenters. The van der Waals surface area contributed by atoms with Crippen molar-refractivity contribution < 1.29 is 4.74 Å². The van der Waals surface area contributed by atoms with Crippen LogP contribution in [0.2, 0.25) is 0 Å². The highest BCUT2D eigenvalue weighted by Gasteiger charge is 2.10. The number of nitrogens with two attached hydrogens (primary N) is 1. The number of aromatic nitrogens is 2. The lowest BCUT2D eigenvalue weighted by Crippen LogP contribution is -2.21. The molecule has 100 valence electrons. The number of methoxy groups -OCH3 is 1. The van der Waals surface area contributed by atoms with E-state index in [-0.39, 0.29) is 12.1 Å². The first-order chi connectivity index (χ1) is 9.06. The van der Waals surface area contributed by atoms with Crippen LogP contribution in [-0.4, -0.2) is 16.9 Å². The van der Waals surface area contributed by atoms with Gasteiger partial charge in [0.1, 0.15) is 5.75 Å². The molecule has 0 saturated heterocycles. The van der Waals surface area contributed by atoms with E-state index in [1.165, 1.54) is 10.7 Å². The van der Waals surface area contributed by atoms with Crippen molar-refractivity contribution in [3.63, 3.8) is 0 Å². The van der Waals surface area contributed by atoms with E-state index in [2.05, 4.69) is 5.10 Å². The van der Waals surface area contributed by atoms with Gasteiger partial charge in [0.25, 0.3) is 5.56 Å². The first-order valence-electron chi connectivity index (χ1n) is 5.99. The van der Waals surface area contributed by atoms with Crippen LogP contribution in [0, 0.1) is 6.92 Å². The van der Waals surface area contributed by atoms with Crippen LogP contribution in [0.25, 0.3) is 11.3 Å². The molecule has 19 heavy (non-hydrogen) atoms. The minimum Gasteiger partial charge on any atom is -0.496 e. The van der Waals surface area contributed by atoms with Crippen molar-refractivity contribution in [1.29, 1.82) is 0 Å². The highest BCUT2D eigenvalue weighted by atomic mass is 16.5. The molecule has 1 heterocycles. The Labute approximate surface area is 111 Å². The second kappa shape index (κ2) is 5.24. The number of hydrogen-bond acceptors (Lipinski definition) is 4. The van der Waals surface area contributed by atoms with Gasteiger partial charge in [-0.05, 0) is 36.2 Å². The highest BCUT2D eigenvalue weighted by Crippen LogP contribution is 2.26. The number of rotatable bonds is 3. The van der Waals surface area contributed by atoms with Crippen LogP contribution in [0.4, 0.5) is 0 Å². The van der Waals surface area contributed by atoms with Crippen molar-refractivity contribution >= 4 is 0 Å². The van der Waals surface area contributed by atoms with E-state index in [9.17, 15) is 4.79 Å². The van der Waals surface area contributed by atoms with Gasteiger partial charge in [-0.25, -0.2) is 4.68 Å². The van der Waals surface area contributed by atoms with E-state index in [0.29, 0.717) is 0 Å². The molecule has 2 aromatic rings. The fourth-order valence-electron chi connectivity index (χ4n) is 2.00. The van der Waals surface area contributed by atoms with Gasteiger partial charge in [0.2, 0.25) is 0 Å². The Morgan fingerprint density at radius 1 is 1.37 bits per heavy atom. The van der Waals surface area contributed by atoms with E-state index >= 15 is 0 Å². The topological polar surface area (TPSA) is 70.1 Å². The summed E-state index contributed by atoms with van der Waals surface area (Å²) in [7, 11) is 3.26. The maximum absolute atomic E-state index is 11.6. The fraction of sp³-hybridized carbons (Fsp3) is 0.286. The molecule has 0 saturated carbocycles. The molecule has 0 fully saturated rings. The van der Waals surface area contributed by atoms with Crippen LogP contribution in [0.3, 0.4) is 0 Å². The first kappa shape index (κ1) is 13.3. The normalized spacial score (nSPS) is 10.5. The largest absolute Gasteiger partial charge is 0.496 e. The van der Waals surface area contributed by atoms with Crippen molar-refractivity contribution in [3.8, 4) is 17.0 Å². The molecule has 0 aliphatic rings. The molecule has 5 heteroatoms. The Morgan fingerprint density at radius 3 is 2.68 bits per heavy atom. The molecule has 0 spiro atoms. The van der Waals surface area contributed by atoms with Gasteiger partial charge in [-0.3, -0.25) is 4.79 Å². The van der Waals surface area contributed by atoms with Gasteiger partial charge in [-0.1, -0.05) is 0 Å². The Bertz CT molecular complexity index is 662. The third-order valence-corrected chi connectivity index (χ3v) is 3.06. The van der Waals surface area contributed by atoms with Gasteiger partial charge in [0, 0.05) is 25.2 Å². The van der Waals surface area contributed by atoms with Gasteiger partial charge in [-0.2, -0.15) is 5.10 Å². The van der Waals surface area contributed by atoms with Crippen molar-refractivity contribution in [2.45, 2.75) is 13.5 Å². The van der Waals surface area contributed by atoms with E-state index in [4.69, 9.17) is 10.5 Å². The zero-order valence-electron chi connectivity index (χ0n) is 11.3. The van der Waals surface area contributed by atoms with Crippen LogP contribution in [0.1, 0.15) is 11.1 Å². The molecule has 2 rings (SSSR count). The Morgan fingerprint density at radius 2 is 2.11 bits per heavy atom. The molecule has 0 bridgehead atoms. The molecule has 0 aliphatic carbocycles. The van der Waals surface area contributed by atoms with E-state index < -0.39 is 0 Å². The minimum atomic E-state index is -0.158. The highest BCUT2D eigenvalue weighted by molar-refractivity contribution is 5.64. The van der Waals surface area contributed by atoms with E-state index in [1.807, 2.05) is 25.1 Å². The third-order valence-electron chi connectivity index (χ3n) is 3.06. The summed E-state index contributed by atoms with van der Waals surface area (Å²) in [6, 6.07) is 7.31. The summed E-state index contributed by atoms with van der Waals surface area (Å²) < 4.78 is 6.55. The molecule has 0 radical (unpaired) electrons. The molecule has 1 aromatic carbocycles. The molecule has 0 amide bonds. The summed E-state index contributed by atoms with van der Waals surface area (Å²) in [5.41, 5.74) is 8.94. The molecule has 1 aromatic heterocycles. The molecular formula is C14H17N3O2. The third kappa shape index (κ3) is 2.51. The number of ether oxygens (including phenoxy) is 1. The average Bonchev–Trinajstić information content (AvgIpc) is 2.41. The number of nitrogens with zero attached hydrogens (tertiary/aromatic N) is 2.